The number of benzene rings is 1. The van der Waals surface area contributed by atoms with Gasteiger partial charge in [-0.1, -0.05) is 15.9 Å². The summed E-state index contributed by atoms with van der Waals surface area (Å²) in [5.74, 6) is 1.96. The van der Waals surface area contributed by atoms with Crippen LogP contribution in [0.2, 0.25) is 0 Å². The lowest BCUT2D eigenvalue weighted by molar-refractivity contribution is -0.133. The maximum atomic E-state index is 12.5. The van der Waals surface area contributed by atoms with Gasteiger partial charge in [0.05, 0.1) is 6.54 Å². The normalized spacial score (nSPS) is 21.3. The Balaban J connectivity index is 1.27. The number of amides is 1. The van der Waals surface area contributed by atoms with E-state index in [1.165, 1.54) is 12.0 Å². The van der Waals surface area contributed by atoms with Crippen molar-refractivity contribution in [2.75, 3.05) is 59.0 Å². The van der Waals surface area contributed by atoms with E-state index in [1.54, 1.807) is 0 Å². The number of piperazine rings is 1. The molecular weight excluding hydrogens is 410 g/mol. The van der Waals surface area contributed by atoms with Gasteiger partial charge < -0.3 is 14.4 Å². The van der Waals surface area contributed by atoms with Crippen molar-refractivity contribution in [3.8, 4) is 11.5 Å². The summed E-state index contributed by atoms with van der Waals surface area (Å²) in [7, 11) is 0. The number of fused-ring (bicyclic) bond motifs is 1. The third-order valence-electron chi connectivity index (χ3n) is 5.64. The molecular formula is C20H28BrN3O3. The lowest BCUT2D eigenvalue weighted by Crippen LogP contribution is -2.50. The summed E-state index contributed by atoms with van der Waals surface area (Å²) in [4.78, 5) is 19.2. The van der Waals surface area contributed by atoms with Crippen molar-refractivity contribution in [1.82, 2.24) is 14.7 Å². The molecule has 148 valence electrons. The van der Waals surface area contributed by atoms with Crippen molar-refractivity contribution in [2.45, 2.75) is 25.8 Å². The van der Waals surface area contributed by atoms with Crippen LogP contribution in [0.1, 0.15) is 24.8 Å². The molecule has 0 radical (unpaired) electrons. The molecule has 1 aromatic rings. The van der Waals surface area contributed by atoms with Crippen LogP contribution in [0.25, 0.3) is 0 Å². The number of piperidine rings is 1. The fourth-order valence-electron chi connectivity index (χ4n) is 4.01. The highest BCUT2D eigenvalue weighted by Gasteiger charge is 2.23. The van der Waals surface area contributed by atoms with Crippen LogP contribution in [-0.2, 0) is 11.3 Å². The van der Waals surface area contributed by atoms with E-state index in [1.807, 2.05) is 11.0 Å². The summed E-state index contributed by atoms with van der Waals surface area (Å²) in [6, 6.07) is 4.10. The molecule has 7 heteroatoms. The number of nitrogens with zero attached hydrogens (tertiary/aromatic N) is 3. The summed E-state index contributed by atoms with van der Waals surface area (Å²) >= 11 is 3.67. The zero-order valence-electron chi connectivity index (χ0n) is 15.8. The molecule has 0 aliphatic carbocycles. The summed E-state index contributed by atoms with van der Waals surface area (Å²) in [6.45, 7) is 8.40. The van der Waals surface area contributed by atoms with E-state index in [-0.39, 0.29) is 0 Å². The van der Waals surface area contributed by atoms with E-state index in [2.05, 4.69) is 31.8 Å². The SMILES string of the molecule is O=C(CN1CCN(Cc2cc3c(cc2Br)OCCO3)CC1)N1CCCCC1. The summed E-state index contributed by atoms with van der Waals surface area (Å²) < 4.78 is 12.4. The van der Waals surface area contributed by atoms with Crippen molar-refractivity contribution in [3.05, 3.63) is 22.2 Å². The van der Waals surface area contributed by atoms with Gasteiger partial charge in [-0.15, -0.1) is 0 Å². The third-order valence-corrected chi connectivity index (χ3v) is 6.38. The number of ether oxygens (including phenoxy) is 2. The predicted octanol–water partition coefficient (Wildman–Crippen LogP) is 2.35. The zero-order chi connectivity index (χ0) is 18.6. The highest BCUT2D eigenvalue weighted by atomic mass is 79.9. The Morgan fingerprint density at radius 3 is 2.22 bits per heavy atom. The second-order valence-corrected chi connectivity index (χ2v) is 8.44. The van der Waals surface area contributed by atoms with Gasteiger partial charge in [-0.2, -0.15) is 0 Å². The van der Waals surface area contributed by atoms with Gasteiger partial charge in [0, 0.05) is 50.3 Å². The van der Waals surface area contributed by atoms with E-state index < -0.39 is 0 Å². The van der Waals surface area contributed by atoms with Crippen LogP contribution in [0.4, 0.5) is 0 Å². The number of hydrogen-bond donors (Lipinski definition) is 0. The molecule has 0 N–H and O–H groups in total. The molecule has 0 atom stereocenters. The average molecular weight is 438 g/mol. The Bertz CT molecular complexity index is 671. The molecule has 3 aliphatic heterocycles. The van der Waals surface area contributed by atoms with Crippen LogP contribution in [0.3, 0.4) is 0 Å². The fraction of sp³-hybridized carbons (Fsp3) is 0.650. The summed E-state index contributed by atoms with van der Waals surface area (Å²) in [5, 5.41) is 0. The van der Waals surface area contributed by atoms with Gasteiger partial charge in [0.15, 0.2) is 11.5 Å². The Morgan fingerprint density at radius 1 is 0.889 bits per heavy atom. The second kappa shape index (κ2) is 8.80. The second-order valence-electron chi connectivity index (χ2n) is 7.58. The van der Waals surface area contributed by atoms with Crippen molar-refractivity contribution in [1.29, 1.82) is 0 Å². The zero-order valence-corrected chi connectivity index (χ0v) is 17.4. The monoisotopic (exact) mass is 437 g/mol. The maximum absolute atomic E-state index is 12.5. The minimum absolute atomic E-state index is 0.303. The van der Waals surface area contributed by atoms with Crippen molar-refractivity contribution < 1.29 is 14.3 Å². The van der Waals surface area contributed by atoms with E-state index in [0.29, 0.717) is 25.7 Å². The molecule has 0 saturated carbocycles. The Labute approximate surface area is 169 Å². The van der Waals surface area contributed by atoms with Gasteiger partial charge in [0.2, 0.25) is 5.91 Å². The molecule has 3 aliphatic rings. The molecule has 4 rings (SSSR count). The quantitative estimate of drug-likeness (QED) is 0.723. The van der Waals surface area contributed by atoms with Crippen molar-refractivity contribution >= 4 is 21.8 Å². The first-order valence-corrected chi connectivity index (χ1v) is 10.8. The molecule has 0 bridgehead atoms. The first-order chi connectivity index (χ1) is 13.2. The van der Waals surface area contributed by atoms with Gasteiger partial charge in [-0.05, 0) is 37.0 Å². The van der Waals surface area contributed by atoms with Gasteiger partial charge >= 0.3 is 0 Å². The number of carbonyl (C=O) groups excluding carboxylic acids is 1. The number of carbonyl (C=O) groups is 1. The molecule has 3 heterocycles. The van der Waals surface area contributed by atoms with Crippen molar-refractivity contribution in [2.24, 2.45) is 0 Å². The maximum Gasteiger partial charge on any atom is 0.236 e. The number of halogens is 1. The van der Waals surface area contributed by atoms with E-state index >= 15 is 0 Å². The Kier molecular flexibility index (Phi) is 6.20. The number of rotatable bonds is 4. The number of hydrogen-bond acceptors (Lipinski definition) is 5. The van der Waals surface area contributed by atoms with Crippen LogP contribution in [0.15, 0.2) is 16.6 Å². The van der Waals surface area contributed by atoms with Crippen LogP contribution in [0, 0.1) is 0 Å². The standard InChI is InChI=1S/C20H28BrN3O3/c21-17-13-19-18(26-10-11-27-19)12-16(17)14-22-6-8-23(9-7-22)15-20(25)24-4-2-1-3-5-24/h12-13H,1-11,14-15H2. The van der Waals surface area contributed by atoms with E-state index in [4.69, 9.17) is 9.47 Å². The predicted molar refractivity (Wildman–Crippen MR) is 107 cm³/mol. The van der Waals surface area contributed by atoms with E-state index in [9.17, 15) is 4.79 Å². The smallest absolute Gasteiger partial charge is 0.236 e. The highest BCUT2D eigenvalue weighted by Crippen LogP contribution is 2.36. The van der Waals surface area contributed by atoms with Gasteiger partial charge in [0.1, 0.15) is 13.2 Å². The van der Waals surface area contributed by atoms with Gasteiger partial charge in [-0.3, -0.25) is 14.6 Å². The first-order valence-electron chi connectivity index (χ1n) is 9.99. The number of likely N-dealkylation sites (tertiary alicyclic amines) is 1. The summed E-state index contributed by atoms with van der Waals surface area (Å²) in [6.07, 6.45) is 3.58. The van der Waals surface area contributed by atoms with Gasteiger partial charge in [0.25, 0.3) is 0 Å². The van der Waals surface area contributed by atoms with E-state index in [0.717, 1.165) is 74.6 Å². The molecule has 1 aromatic carbocycles. The molecule has 2 fully saturated rings. The fourth-order valence-corrected chi connectivity index (χ4v) is 4.46. The minimum Gasteiger partial charge on any atom is -0.486 e. The molecule has 2 saturated heterocycles. The molecule has 0 spiro atoms. The lowest BCUT2D eigenvalue weighted by Gasteiger charge is -2.36. The Morgan fingerprint density at radius 2 is 1.52 bits per heavy atom. The molecule has 0 unspecified atom stereocenters. The minimum atomic E-state index is 0.303. The Hall–Kier alpha value is -1.31. The molecule has 27 heavy (non-hydrogen) atoms. The topological polar surface area (TPSA) is 45.3 Å². The lowest BCUT2D eigenvalue weighted by atomic mass is 10.1. The summed E-state index contributed by atoms with van der Waals surface area (Å²) in [5.41, 5.74) is 1.22. The average Bonchev–Trinajstić information content (AvgIpc) is 2.70. The first kappa shape index (κ1) is 19.0. The van der Waals surface area contributed by atoms with Gasteiger partial charge in [-0.25, -0.2) is 0 Å². The van der Waals surface area contributed by atoms with Crippen LogP contribution >= 0.6 is 15.9 Å². The largest absolute Gasteiger partial charge is 0.486 e. The van der Waals surface area contributed by atoms with Crippen LogP contribution in [-0.4, -0.2) is 79.6 Å². The highest BCUT2D eigenvalue weighted by molar-refractivity contribution is 9.10. The van der Waals surface area contributed by atoms with Crippen molar-refractivity contribution in [3.63, 3.8) is 0 Å². The van der Waals surface area contributed by atoms with Crippen LogP contribution < -0.4 is 9.47 Å². The molecule has 0 aromatic heterocycles. The van der Waals surface area contributed by atoms with Crippen LogP contribution in [0.5, 0.6) is 11.5 Å². The molecule has 6 nitrogen and oxygen atoms in total. The molecule has 1 amide bonds. The third kappa shape index (κ3) is 4.76.